The molecule has 2 N–H and O–H groups in total. The Bertz CT molecular complexity index is 757. The highest BCUT2D eigenvalue weighted by Gasteiger charge is 2.39. The highest BCUT2D eigenvalue weighted by atomic mass is 16.2. The van der Waals surface area contributed by atoms with Gasteiger partial charge in [-0.2, -0.15) is 0 Å². The lowest BCUT2D eigenvalue weighted by Crippen LogP contribution is -2.43. The average Bonchev–Trinajstić information content (AvgIpc) is 3.12. The molecule has 1 saturated heterocycles. The van der Waals surface area contributed by atoms with Crippen molar-refractivity contribution >= 4 is 22.7 Å². The Hall–Kier alpha value is -2.30. The van der Waals surface area contributed by atoms with Crippen LogP contribution in [0.1, 0.15) is 32.8 Å². The molecule has 0 bridgehead atoms. The largest absolute Gasteiger partial charge is 0.361 e. The minimum Gasteiger partial charge on any atom is -0.361 e. The van der Waals surface area contributed by atoms with Gasteiger partial charge in [0.25, 0.3) is 0 Å². The van der Waals surface area contributed by atoms with Crippen LogP contribution in [0.15, 0.2) is 30.5 Å². The molecule has 3 rings (SSSR count). The molecule has 1 atom stereocenters. The summed E-state index contributed by atoms with van der Waals surface area (Å²) in [4.78, 5) is 29.4. The summed E-state index contributed by atoms with van der Waals surface area (Å²) < 4.78 is 0. The Balaban J connectivity index is 1.51. The molecular formula is C19H25N3O2. The van der Waals surface area contributed by atoms with E-state index in [0.717, 1.165) is 11.9 Å². The molecule has 5 nitrogen and oxygen atoms in total. The highest BCUT2D eigenvalue weighted by molar-refractivity contribution is 5.89. The molecule has 1 aliphatic rings. The van der Waals surface area contributed by atoms with Crippen LogP contribution in [0, 0.1) is 5.92 Å². The highest BCUT2D eigenvalue weighted by Crippen LogP contribution is 2.25. The van der Waals surface area contributed by atoms with Gasteiger partial charge in [0.15, 0.2) is 0 Å². The van der Waals surface area contributed by atoms with Crippen molar-refractivity contribution in [3.63, 3.8) is 0 Å². The molecule has 0 aliphatic carbocycles. The first-order chi connectivity index (χ1) is 11.3. The van der Waals surface area contributed by atoms with Gasteiger partial charge in [-0.05, 0) is 56.3 Å². The van der Waals surface area contributed by atoms with Crippen LogP contribution in [0.5, 0.6) is 0 Å². The van der Waals surface area contributed by atoms with Crippen LogP contribution in [0.2, 0.25) is 0 Å². The average molecular weight is 327 g/mol. The number of amides is 2. The quantitative estimate of drug-likeness (QED) is 0.906. The van der Waals surface area contributed by atoms with Crippen molar-refractivity contribution < 1.29 is 9.59 Å². The van der Waals surface area contributed by atoms with Crippen molar-refractivity contribution in [1.29, 1.82) is 0 Å². The molecule has 128 valence electrons. The third kappa shape index (κ3) is 3.45. The summed E-state index contributed by atoms with van der Waals surface area (Å²) in [6, 6.07) is 8.32. The fraction of sp³-hybridized carbons (Fsp3) is 0.474. The van der Waals surface area contributed by atoms with Crippen LogP contribution < -0.4 is 5.32 Å². The molecule has 24 heavy (non-hydrogen) atoms. The lowest BCUT2D eigenvalue weighted by molar-refractivity contribution is -0.132. The van der Waals surface area contributed by atoms with E-state index in [1.807, 2.05) is 33.0 Å². The summed E-state index contributed by atoms with van der Waals surface area (Å²) >= 11 is 0. The van der Waals surface area contributed by atoms with Gasteiger partial charge in [-0.15, -0.1) is 0 Å². The van der Waals surface area contributed by atoms with Crippen molar-refractivity contribution in [2.45, 2.75) is 39.2 Å². The van der Waals surface area contributed by atoms with Crippen molar-refractivity contribution in [3.05, 3.63) is 36.0 Å². The smallest absolute Gasteiger partial charge is 0.225 e. The van der Waals surface area contributed by atoms with Gasteiger partial charge < -0.3 is 15.2 Å². The van der Waals surface area contributed by atoms with Gasteiger partial charge in [0, 0.05) is 36.8 Å². The summed E-state index contributed by atoms with van der Waals surface area (Å²) in [5.41, 5.74) is 2.09. The van der Waals surface area contributed by atoms with E-state index in [0.29, 0.717) is 19.5 Å². The monoisotopic (exact) mass is 327 g/mol. The van der Waals surface area contributed by atoms with E-state index in [9.17, 15) is 9.59 Å². The fourth-order valence-electron chi connectivity index (χ4n) is 3.26. The zero-order valence-corrected chi connectivity index (χ0v) is 14.6. The standard InChI is InChI=1S/C19H25N3O2/c1-19(2,3)22-12-15(11-17(22)23)18(24)21-8-6-13-4-5-16-14(10-13)7-9-20-16/h4-5,7,9-10,15,20H,6,8,11-12H2,1-3H3,(H,21,24). The normalized spacial score (nSPS) is 18.4. The zero-order chi connectivity index (χ0) is 17.3. The minimum absolute atomic E-state index is 0.0159. The van der Waals surface area contributed by atoms with Crippen LogP contribution >= 0.6 is 0 Å². The number of carbonyl (C=O) groups is 2. The first-order valence-electron chi connectivity index (χ1n) is 8.49. The fourth-order valence-corrected chi connectivity index (χ4v) is 3.26. The molecule has 0 spiro atoms. The topological polar surface area (TPSA) is 65.2 Å². The zero-order valence-electron chi connectivity index (χ0n) is 14.6. The second kappa shape index (κ2) is 6.30. The predicted octanol–water partition coefficient (Wildman–Crippen LogP) is 2.47. The molecule has 2 heterocycles. The van der Waals surface area contributed by atoms with E-state index in [1.54, 1.807) is 4.90 Å². The van der Waals surface area contributed by atoms with Crippen LogP contribution in [0.25, 0.3) is 10.9 Å². The maximum absolute atomic E-state index is 12.3. The first-order valence-corrected chi connectivity index (χ1v) is 8.49. The molecule has 0 saturated carbocycles. The second-order valence-electron chi connectivity index (χ2n) is 7.52. The third-order valence-corrected chi connectivity index (χ3v) is 4.64. The van der Waals surface area contributed by atoms with E-state index >= 15 is 0 Å². The Morgan fingerprint density at radius 2 is 2.12 bits per heavy atom. The lowest BCUT2D eigenvalue weighted by Gasteiger charge is -2.31. The predicted molar refractivity (Wildman–Crippen MR) is 94.6 cm³/mol. The van der Waals surface area contributed by atoms with E-state index in [2.05, 4.69) is 28.5 Å². The number of aromatic nitrogens is 1. The molecule has 1 unspecified atom stereocenters. The molecule has 1 fully saturated rings. The lowest BCUT2D eigenvalue weighted by atomic mass is 10.1. The maximum atomic E-state index is 12.3. The Morgan fingerprint density at radius 1 is 1.33 bits per heavy atom. The number of H-pyrrole nitrogens is 1. The van der Waals surface area contributed by atoms with Crippen molar-refractivity contribution in [2.75, 3.05) is 13.1 Å². The van der Waals surface area contributed by atoms with E-state index in [4.69, 9.17) is 0 Å². The number of hydrogen-bond donors (Lipinski definition) is 2. The summed E-state index contributed by atoms with van der Waals surface area (Å²) in [6.45, 7) is 7.12. The summed E-state index contributed by atoms with van der Waals surface area (Å²) in [5, 5.41) is 4.16. The molecule has 0 radical (unpaired) electrons. The van der Waals surface area contributed by atoms with Crippen molar-refractivity contribution in [1.82, 2.24) is 15.2 Å². The number of benzene rings is 1. The van der Waals surface area contributed by atoms with Crippen LogP contribution in [-0.4, -0.2) is 40.3 Å². The van der Waals surface area contributed by atoms with Gasteiger partial charge in [-0.1, -0.05) is 6.07 Å². The summed E-state index contributed by atoms with van der Waals surface area (Å²) in [6.07, 6.45) is 3.03. The maximum Gasteiger partial charge on any atom is 0.225 e. The van der Waals surface area contributed by atoms with E-state index < -0.39 is 0 Å². The first kappa shape index (κ1) is 16.6. The van der Waals surface area contributed by atoms with Crippen molar-refractivity contribution in [2.24, 2.45) is 5.92 Å². The SMILES string of the molecule is CC(C)(C)N1CC(C(=O)NCCc2ccc3[nH]ccc3c2)CC1=O. The summed E-state index contributed by atoms with van der Waals surface area (Å²) in [7, 11) is 0. The number of rotatable bonds is 4. The van der Waals surface area contributed by atoms with Gasteiger partial charge in [0.05, 0.1) is 5.92 Å². The van der Waals surface area contributed by atoms with E-state index in [1.165, 1.54) is 10.9 Å². The van der Waals surface area contributed by atoms with Crippen LogP contribution in [0.3, 0.4) is 0 Å². The van der Waals surface area contributed by atoms with Gasteiger partial charge in [-0.25, -0.2) is 0 Å². The molecular weight excluding hydrogens is 302 g/mol. The van der Waals surface area contributed by atoms with Crippen LogP contribution in [-0.2, 0) is 16.0 Å². The van der Waals surface area contributed by atoms with Gasteiger partial charge in [0.1, 0.15) is 0 Å². The Labute approximate surface area is 142 Å². The summed E-state index contributed by atoms with van der Waals surface area (Å²) in [5.74, 6) is -0.178. The van der Waals surface area contributed by atoms with Gasteiger partial charge >= 0.3 is 0 Å². The number of nitrogens with zero attached hydrogens (tertiary/aromatic N) is 1. The third-order valence-electron chi connectivity index (χ3n) is 4.64. The van der Waals surface area contributed by atoms with E-state index in [-0.39, 0.29) is 23.3 Å². The molecule has 2 amide bonds. The molecule has 1 aliphatic heterocycles. The Morgan fingerprint density at radius 3 is 2.83 bits per heavy atom. The minimum atomic E-state index is -0.233. The number of likely N-dealkylation sites (tertiary alicyclic amines) is 1. The number of fused-ring (bicyclic) bond motifs is 1. The second-order valence-corrected chi connectivity index (χ2v) is 7.52. The number of hydrogen-bond acceptors (Lipinski definition) is 2. The molecule has 5 heteroatoms. The number of aromatic amines is 1. The van der Waals surface area contributed by atoms with Gasteiger partial charge in [-0.3, -0.25) is 9.59 Å². The molecule has 1 aromatic heterocycles. The Kier molecular flexibility index (Phi) is 4.35. The molecule has 1 aromatic carbocycles. The van der Waals surface area contributed by atoms with Crippen molar-refractivity contribution in [3.8, 4) is 0 Å². The molecule has 2 aromatic rings. The number of carbonyl (C=O) groups excluding carboxylic acids is 2. The number of nitrogens with one attached hydrogen (secondary N) is 2. The van der Waals surface area contributed by atoms with Crippen LogP contribution in [0.4, 0.5) is 0 Å². The van der Waals surface area contributed by atoms with Gasteiger partial charge in [0.2, 0.25) is 11.8 Å².